The molecule has 1 aliphatic rings. The molecule has 2 aromatic carbocycles. The van der Waals surface area contributed by atoms with Crippen molar-refractivity contribution in [3.05, 3.63) is 89.2 Å². The molecular formula is C26H25F5N6O. The number of alkyl halides is 3. The van der Waals surface area contributed by atoms with Crippen molar-refractivity contribution >= 4 is 17.8 Å². The maximum Gasteiger partial charge on any atom is 0.416 e. The maximum absolute atomic E-state index is 13.6. The molecule has 1 aromatic heterocycles. The Balaban J connectivity index is 1.47. The average Bonchev–Trinajstić information content (AvgIpc) is 2.90. The second-order valence-electron chi connectivity index (χ2n) is 8.81. The second kappa shape index (κ2) is 12.0. The first-order valence-corrected chi connectivity index (χ1v) is 12.0. The molecule has 0 radical (unpaired) electrons. The molecule has 1 aliphatic carbocycles. The van der Waals surface area contributed by atoms with Gasteiger partial charge in [0.2, 0.25) is 5.95 Å². The Bertz CT molecular complexity index is 1280. The highest BCUT2D eigenvalue weighted by molar-refractivity contribution is 6.02. The number of hydrogen-bond donors (Lipinski definition) is 3. The second-order valence-corrected chi connectivity index (χ2v) is 8.81. The summed E-state index contributed by atoms with van der Waals surface area (Å²) in [6.45, 7) is -0.269. The lowest BCUT2D eigenvalue weighted by Gasteiger charge is -2.30. The van der Waals surface area contributed by atoms with E-state index in [9.17, 15) is 26.7 Å². The smallest absolute Gasteiger partial charge is 0.353 e. The van der Waals surface area contributed by atoms with Crippen LogP contribution in [0.1, 0.15) is 47.2 Å². The number of nitrogens with one attached hydrogen (secondary N) is 3. The zero-order valence-electron chi connectivity index (χ0n) is 20.1. The van der Waals surface area contributed by atoms with E-state index >= 15 is 0 Å². The largest absolute Gasteiger partial charge is 0.416 e. The van der Waals surface area contributed by atoms with Crippen LogP contribution in [-0.4, -0.2) is 33.9 Å². The summed E-state index contributed by atoms with van der Waals surface area (Å²) >= 11 is 0. The molecule has 0 aliphatic heterocycles. The van der Waals surface area contributed by atoms with Gasteiger partial charge < -0.3 is 16.0 Å². The third-order valence-electron chi connectivity index (χ3n) is 6.12. The van der Waals surface area contributed by atoms with Crippen LogP contribution >= 0.6 is 0 Å². The number of aliphatic imine (C=N–C) groups is 1. The molecule has 0 bridgehead atoms. The third kappa shape index (κ3) is 7.24. The van der Waals surface area contributed by atoms with Crippen LogP contribution < -0.4 is 16.0 Å². The molecule has 12 heteroatoms. The molecule has 0 atom stereocenters. The maximum atomic E-state index is 13.6. The van der Waals surface area contributed by atoms with Gasteiger partial charge in [-0.2, -0.15) is 18.2 Å². The zero-order valence-corrected chi connectivity index (χ0v) is 20.1. The van der Waals surface area contributed by atoms with E-state index in [-0.39, 0.29) is 35.7 Å². The van der Waals surface area contributed by atoms with Crippen molar-refractivity contribution < 1.29 is 26.7 Å². The van der Waals surface area contributed by atoms with Gasteiger partial charge in [-0.05, 0) is 61.6 Å². The fraction of sp³-hybridized carbons (Fsp3) is 0.308. The zero-order chi connectivity index (χ0) is 27.1. The van der Waals surface area contributed by atoms with Crippen molar-refractivity contribution in [3.8, 4) is 0 Å². The normalized spacial score (nSPS) is 18.1. The number of hydrogen-bond acceptors (Lipinski definition) is 4. The highest BCUT2D eigenvalue weighted by Crippen LogP contribution is 2.31. The van der Waals surface area contributed by atoms with Gasteiger partial charge in [0.05, 0.1) is 5.56 Å². The summed E-state index contributed by atoms with van der Waals surface area (Å²) in [6.07, 6.45) is 1.55. The number of rotatable bonds is 6. The Kier molecular flexibility index (Phi) is 8.49. The number of halogens is 5. The van der Waals surface area contributed by atoms with E-state index in [1.807, 2.05) is 0 Å². The first kappa shape index (κ1) is 27.0. The topological polar surface area (TPSA) is 91.3 Å². The number of anilines is 1. The minimum atomic E-state index is -4.56. The van der Waals surface area contributed by atoms with E-state index in [0.29, 0.717) is 18.8 Å². The highest BCUT2D eigenvalue weighted by Gasteiger charge is 2.33. The summed E-state index contributed by atoms with van der Waals surface area (Å²) < 4.78 is 67.2. The van der Waals surface area contributed by atoms with Gasteiger partial charge in [-0.25, -0.2) is 18.7 Å². The van der Waals surface area contributed by atoms with Crippen LogP contribution in [0.3, 0.4) is 0 Å². The molecule has 0 saturated heterocycles. The monoisotopic (exact) mass is 532 g/mol. The van der Waals surface area contributed by atoms with Gasteiger partial charge in [0.25, 0.3) is 5.91 Å². The quantitative estimate of drug-likeness (QED) is 0.233. The Morgan fingerprint density at radius 1 is 0.921 bits per heavy atom. The van der Waals surface area contributed by atoms with E-state index in [1.54, 1.807) is 18.5 Å². The van der Waals surface area contributed by atoms with Gasteiger partial charge in [-0.1, -0.05) is 18.2 Å². The van der Waals surface area contributed by atoms with Crippen molar-refractivity contribution in [1.82, 2.24) is 20.6 Å². The van der Waals surface area contributed by atoms with Crippen LogP contribution in [-0.2, 0) is 12.7 Å². The molecule has 7 nitrogen and oxygen atoms in total. The molecule has 0 spiro atoms. The Morgan fingerprint density at radius 2 is 1.61 bits per heavy atom. The summed E-state index contributed by atoms with van der Waals surface area (Å²) in [5.74, 6) is -2.73. The summed E-state index contributed by atoms with van der Waals surface area (Å²) in [4.78, 5) is 25.0. The molecule has 3 N–H and O–H groups in total. The summed E-state index contributed by atoms with van der Waals surface area (Å²) in [5.41, 5.74) is -1.05. The van der Waals surface area contributed by atoms with Gasteiger partial charge in [0.1, 0.15) is 0 Å². The Morgan fingerprint density at radius 3 is 2.29 bits per heavy atom. The number of carbonyl (C=O) groups excluding carboxylic acids is 1. The molecule has 1 fully saturated rings. The fourth-order valence-electron chi connectivity index (χ4n) is 4.18. The number of carbonyl (C=O) groups is 1. The third-order valence-corrected chi connectivity index (χ3v) is 6.12. The van der Waals surface area contributed by atoms with E-state index < -0.39 is 29.3 Å². The molecule has 200 valence electrons. The van der Waals surface area contributed by atoms with Crippen molar-refractivity contribution in [1.29, 1.82) is 0 Å². The lowest BCUT2D eigenvalue weighted by molar-refractivity contribution is -0.138. The molecule has 3 aromatic rings. The summed E-state index contributed by atoms with van der Waals surface area (Å²) in [5, 5.41) is 9.16. The molecule has 1 amide bonds. The standard InChI is InChI=1S/C26H25F5N6O/c27-21-11-6-16(14-22(21)28)23(38)37-25(34-15-17-4-1-2-5-20(17)26(29,30)31)36-19-9-7-18(8-10-19)35-24-32-12-3-13-33-24/h1-6,11-14,18-19H,7-10,15H2,(H,32,33,35)(H2,34,36,37,38)/t18-,19-. The van der Waals surface area contributed by atoms with Crippen LogP contribution in [0.2, 0.25) is 0 Å². The van der Waals surface area contributed by atoms with Gasteiger partial charge in [0, 0.05) is 36.6 Å². The predicted molar refractivity (Wildman–Crippen MR) is 131 cm³/mol. The summed E-state index contributed by atoms with van der Waals surface area (Å²) in [6, 6.07) is 9.40. The van der Waals surface area contributed by atoms with E-state index in [2.05, 4.69) is 30.9 Å². The number of amides is 1. The van der Waals surface area contributed by atoms with Gasteiger partial charge >= 0.3 is 6.18 Å². The Labute approximate surface area is 215 Å². The number of guanidine groups is 1. The van der Waals surface area contributed by atoms with Gasteiger partial charge in [0.15, 0.2) is 17.6 Å². The molecule has 0 unspecified atom stereocenters. The predicted octanol–water partition coefficient (Wildman–Crippen LogP) is 5.07. The van der Waals surface area contributed by atoms with Crippen LogP contribution in [0.4, 0.5) is 27.9 Å². The molecular weight excluding hydrogens is 507 g/mol. The van der Waals surface area contributed by atoms with Crippen molar-refractivity contribution in [3.63, 3.8) is 0 Å². The fourth-order valence-corrected chi connectivity index (χ4v) is 4.18. The van der Waals surface area contributed by atoms with Gasteiger partial charge in [-0.3, -0.25) is 4.79 Å². The summed E-state index contributed by atoms with van der Waals surface area (Å²) in [7, 11) is 0. The lowest BCUT2D eigenvalue weighted by Crippen LogP contribution is -2.46. The molecule has 1 saturated carbocycles. The van der Waals surface area contributed by atoms with Crippen LogP contribution in [0.5, 0.6) is 0 Å². The first-order valence-electron chi connectivity index (χ1n) is 12.0. The van der Waals surface area contributed by atoms with Crippen LogP contribution in [0, 0.1) is 11.6 Å². The number of nitrogens with zero attached hydrogens (tertiary/aromatic N) is 3. The van der Waals surface area contributed by atoms with Crippen LogP contribution in [0.15, 0.2) is 65.9 Å². The first-order chi connectivity index (χ1) is 18.2. The number of benzene rings is 2. The van der Waals surface area contributed by atoms with Crippen LogP contribution in [0.25, 0.3) is 0 Å². The minimum Gasteiger partial charge on any atom is -0.353 e. The van der Waals surface area contributed by atoms with E-state index in [1.165, 1.54) is 18.2 Å². The van der Waals surface area contributed by atoms with E-state index in [0.717, 1.165) is 37.1 Å². The highest BCUT2D eigenvalue weighted by atomic mass is 19.4. The van der Waals surface area contributed by atoms with Crippen molar-refractivity contribution in [2.24, 2.45) is 4.99 Å². The SMILES string of the molecule is O=C(/N=C(/NCc1ccccc1C(F)(F)F)N[C@H]1CC[C@H](Nc2ncccn2)CC1)c1ccc(F)c(F)c1. The van der Waals surface area contributed by atoms with E-state index in [4.69, 9.17) is 0 Å². The van der Waals surface area contributed by atoms with Crippen molar-refractivity contribution in [2.75, 3.05) is 5.32 Å². The van der Waals surface area contributed by atoms with Gasteiger partial charge in [-0.15, -0.1) is 0 Å². The number of aromatic nitrogens is 2. The minimum absolute atomic E-state index is 0.0365. The van der Waals surface area contributed by atoms with Crippen molar-refractivity contribution in [2.45, 2.75) is 50.5 Å². The molecule has 4 rings (SSSR count). The average molecular weight is 533 g/mol. The lowest BCUT2D eigenvalue weighted by atomic mass is 9.91. The Hall–Kier alpha value is -4.09. The molecule has 1 heterocycles. The molecule has 38 heavy (non-hydrogen) atoms.